The molecule has 2 aromatic rings. The molecule has 6 nitrogen and oxygen atoms in total. The normalized spacial score (nSPS) is 13.9. The van der Waals surface area contributed by atoms with Gasteiger partial charge in [-0.05, 0) is 25.1 Å². The highest BCUT2D eigenvalue weighted by atomic mass is 32.2. The van der Waals surface area contributed by atoms with E-state index in [0.717, 1.165) is 6.26 Å². The summed E-state index contributed by atoms with van der Waals surface area (Å²) in [5.41, 5.74) is 6.30. The topological polar surface area (TPSA) is 109 Å². The predicted molar refractivity (Wildman–Crippen MR) is 67.8 cm³/mol. The number of H-pyrrole nitrogens is 1. The highest BCUT2D eigenvalue weighted by molar-refractivity contribution is 7.91. The molecule has 7 heteroatoms. The zero-order valence-electron chi connectivity index (χ0n) is 9.92. The Balaban J connectivity index is 2.58. The number of nitrogens with one attached hydrogen (secondary N) is 1. The molecule has 4 N–H and O–H groups in total. The van der Waals surface area contributed by atoms with Gasteiger partial charge in [0.05, 0.1) is 10.4 Å². The summed E-state index contributed by atoms with van der Waals surface area (Å²) in [7, 11) is -3.34. The molecular weight excluding hydrogens is 254 g/mol. The van der Waals surface area contributed by atoms with Crippen LogP contribution in [-0.2, 0) is 9.84 Å². The van der Waals surface area contributed by atoms with Crippen LogP contribution in [0.3, 0.4) is 0 Å². The number of aliphatic hydroxyl groups excluding tert-OH is 1. The van der Waals surface area contributed by atoms with Crippen LogP contribution in [0.25, 0.3) is 11.0 Å². The number of benzene rings is 1. The van der Waals surface area contributed by atoms with E-state index in [0.29, 0.717) is 29.8 Å². The molecule has 18 heavy (non-hydrogen) atoms. The number of para-hydroxylation sites is 1. The molecule has 1 atom stereocenters. The number of aliphatic hydroxyl groups is 1. The average Bonchev–Trinajstić information content (AvgIpc) is 2.71. The fourth-order valence-electron chi connectivity index (χ4n) is 1.78. The fourth-order valence-corrected chi connectivity index (χ4v) is 2.61. The van der Waals surface area contributed by atoms with Crippen molar-refractivity contribution in [1.29, 1.82) is 0 Å². The lowest BCUT2D eigenvalue weighted by atomic mass is 10.2. The summed E-state index contributed by atoms with van der Waals surface area (Å²) < 4.78 is 23.2. The maximum Gasteiger partial charge on any atom is 0.177 e. The Hall–Kier alpha value is -1.44. The molecule has 0 spiro atoms. The van der Waals surface area contributed by atoms with Crippen molar-refractivity contribution in [1.82, 2.24) is 9.97 Å². The summed E-state index contributed by atoms with van der Waals surface area (Å²) >= 11 is 0. The van der Waals surface area contributed by atoms with Gasteiger partial charge in [0, 0.05) is 6.26 Å². The summed E-state index contributed by atoms with van der Waals surface area (Å²) in [5, 5.41) is 9.79. The molecule has 0 saturated heterocycles. The van der Waals surface area contributed by atoms with Crippen molar-refractivity contribution in [3.8, 4) is 0 Å². The number of hydrogen-bond donors (Lipinski definition) is 3. The Morgan fingerprint density at radius 1 is 1.50 bits per heavy atom. The van der Waals surface area contributed by atoms with E-state index in [2.05, 4.69) is 9.97 Å². The highest BCUT2D eigenvalue weighted by Gasteiger charge is 2.17. The Bertz CT molecular complexity index is 663. The zero-order chi connectivity index (χ0) is 13.3. The number of hydrogen-bond acceptors (Lipinski definition) is 5. The average molecular weight is 269 g/mol. The van der Waals surface area contributed by atoms with Gasteiger partial charge in [0.25, 0.3) is 0 Å². The number of sulfone groups is 1. The van der Waals surface area contributed by atoms with Gasteiger partial charge < -0.3 is 15.8 Å². The molecule has 0 aliphatic heterocycles. The number of fused-ring (bicyclic) bond motifs is 1. The smallest absolute Gasteiger partial charge is 0.177 e. The predicted octanol–water partition coefficient (Wildman–Crippen LogP) is 0.349. The second-order valence-electron chi connectivity index (χ2n) is 4.14. The van der Waals surface area contributed by atoms with E-state index in [1.165, 1.54) is 6.07 Å². The third kappa shape index (κ3) is 2.38. The third-order valence-electron chi connectivity index (χ3n) is 2.65. The van der Waals surface area contributed by atoms with Crippen LogP contribution < -0.4 is 5.73 Å². The molecular formula is C11H15N3O3S. The third-order valence-corrected chi connectivity index (χ3v) is 3.78. The van der Waals surface area contributed by atoms with E-state index in [9.17, 15) is 13.5 Å². The van der Waals surface area contributed by atoms with Crippen molar-refractivity contribution < 1.29 is 13.5 Å². The minimum atomic E-state index is -3.34. The number of aromatic nitrogens is 2. The van der Waals surface area contributed by atoms with Crippen LogP contribution >= 0.6 is 0 Å². The van der Waals surface area contributed by atoms with E-state index in [1.54, 1.807) is 12.1 Å². The fraction of sp³-hybridized carbons (Fsp3) is 0.364. The molecule has 0 radical (unpaired) electrons. The Labute approximate surface area is 105 Å². The molecule has 0 saturated carbocycles. The zero-order valence-corrected chi connectivity index (χ0v) is 10.7. The Kier molecular flexibility index (Phi) is 3.38. The first-order valence-corrected chi connectivity index (χ1v) is 7.39. The second kappa shape index (κ2) is 4.68. The molecule has 2 rings (SSSR count). The molecule has 1 aromatic heterocycles. The first-order valence-electron chi connectivity index (χ1n) is 5.50. The van der Waals surface area contributed by atoms with Crippen molar-refractivity contribution in [2.75, 3.05) is 12.8 Å². The number of nitrogens with two attached hydrogens (primary N) is 1. The van der Waals surface area contributed by atoms with Gasteiger partial charge in [0.2, 0.25) is 0 Å². The lowest BCUT2D eigenvalue weighted by molar-refractivity contribution is 0.162. The molecule has 1 heterocycles. The van der Waals surface area contributed by atoms with E-state index >= 15 is 0 Å². The quantitative estimate of drug-likeness (QED) is 0.742. The molecule has 98 valence electrons. The van der Waals surface area contributed by atoms with Crippen LogP contribution in [0, 0.1) is 0 Å². The monoisotopic (exact) mass is 269 g/mol. The summed E-state index contributed by atoms with van der Waals surface area (Å²) in [6.45, 7) is 0.331. The summed E-state index contributed by atoms with van der Waals surface area (Å²) in [5.74, 6) is 0.339. The number of imidazole rings is 1. The SMILES string of the molecule is CS(=O)(=O)c1cccc2[nH]c(C(O)CCN)nc12. The molecule has 0 aliphatic rings. The van der Waals surface area contributed by atoms with Gasteiger partial charge in [0.15, 0.2) is 9.84 Å². The summed E-state index contributed by atoms with van der Waals surface area (Å²) in [6, 6.07) is 4.85. The van der Waals surface area contributed by atoms with Gasteiger partial charge in [-0.2, -0.15) is 0 Å². The van der Waals surface area contributed by atoms with Crippen LogP contribution in [0.5, 0.6) is 0 Å². The molecule has 0 fully saturated rings. The first kappa shape index (κ1) is 13.0. The van der Waals surface area contributed by atoms with Crippen LogP contribution in [0.15, 0.2) is 23.1 Å². The molecule has 0 aliphatic carbocycles. The summed E-state index contributed by atoms with van der Waals surface area (Å²) in [6.07, 6.45) is 0.690. The van der Waals surface area contributed by atoms with Gasteiger partial charge in [-0.25, -0.2) is 13.4 Å². The maximum absolute atomic E-state index is 11.6. The van der Waals surface area contributed by atoms with Crippen molar-refractivity contribution in [3.05, 3.63) is 24.0 Å². The van der Waals surface area contributed by atoms with Crippen molar-refractivity contribution in [3.63, 3.8) is 0 Å². The second-order valence-corrected chi connectivity index (χ2v) is 6.12. The van der Waals surface area contributed by atoms with E-state index in [-0.39, 0.29) is 4.90 Å². The summed E-state index contributed by atoms with van der Waals surface area (Å²) in [4.78, 5) is 7.22. The van der Waals surface area contributed by atoms with E-state index < -0.39 is 15.9 Å². The highest BCUT2D eigenvalue weighted by Crippen LogP contribution is 2.23. The standard InChI is InChI=1S/C11H15N3O3S/c1-18(16,17)9-4-2-3-7-10(9)14-11(13-7)8(15)5-6-12/h2-4,8,15H,5-6,12H2,1H3,(H,13,14). The van der Waals surface area contributed by atoms with Gasteiger partial charge >= 0.3 is 0 Å². The van der Waals surface area contributed by atoms with Crippen LogP contribution in [0.2, 0.25) is 0 Å². The van der Waals surface area contributed by atoms with Gasteiger partial charge in [-0.1, -0.05) is 6.07 Å². The van der Waals surface area contributed by atoms with E-state index in [4.69, 9.17) is 5.73 Å². The van der Waals surface area contributed by atoms with Gasteiger partial charge in [-0.3, -0.25) is 0 Å². The molecule has 0 bridgehead atoms. The van der Waals surface area contributed by atoms with Gasteiger partial charge in [0.1, 0.15) is 17.4 Å². The lowest BCUT2D eigenvalue weighted by Gasteiger charge is -2.03. The van der Waals surface area contributed by atoms with Crippen molar-refractivity contribution in [2.45, 2.75) is 17.4 Å². The van der Waals surface area contributed by atoms with Gasteiger partial charge in [-0.15, -0.1) is 0 Å². The number of rotatable bonds is 4. The number of aromatic amines is 1. The first-order chi connectivity index (χ1) is 8.43. The van der Waals surface area contributed by atoms with Crippen molar-refractivity contribution >= 4 is 20.9 Å². The van der Waals surface area contributed by atoms with Crippen LogP contribution in [0.1, 0.15) is 18.3 Å². The van der Waals surface area contributed by atoms with Crippen molar-refractivity contribution in [2.24, 2.45) is 5.73 Å². The largest absolute Gasteiger partial charge is 0.385 e. The number of nitrogens with zero attached hydrogens (tertiary/aromatic N) is 1. The Morgan fingerprint density at radius 3 is 2.83 bits per heavy atom. The molecule has 1 aromatic carbocycles. The maximum atomic E-state index is 11.6. The molecule has 0 amide bonds. The molecule has 1 unspecified atom stereocenters. The minimum absolute atomic E-state index is 0.155. The van der Waals surface area contributed by atoms with E-state index in [1.807, 2.05) is 0 Å². The lowest BCUT2D eigenvalue weighted by Crippen LogP contribution is -2.07. The minimum Gasteiger partial charge on any atom is -0.385 e. The van der Waals surface area contributed by atoms with Crippen LogP contribution in [0.4, 0.5) is 0 Å². The van der Waals surface area contributed by atoms with Crippen LogP contribution in [-0.4, -0.2) is 36.3 Å². The Morgan fingerprint density at radius 2 is 2.22 bits per heavy atom.